The standard InChI is InChI=1S/C17H33NS2/c1-5-15-17(20-10-9-19-15)16(18-6-2)14-8-7-12(3)13(4)11-14/h12-18H,5-11H2,1-4H3. The number of nitrogens with one attached hydrogen (secondary N) is 1. The van der Waals surface area contributed by atoms with Crippen molar-refractivity contribution in [2.45, 2.75) is 69.9 Å². The minimum atomic E-state index is 0.748. The first-order chi connectivity index (χ1) is 9.67. The van der Waals surface area contributed by atoms with Gasteiger partial charge in [0.15, 0.2) is 0 Å². The van der Waals surface area contributed by atoms with Crippen molar-refractivity contribution in [1.29, 1.82) is 0 Å². The third kappa shape index (κ3) is 4.10. The van der Waals surface area contributed by atoms with Crippen LogP contribution in [0.25, 0.3) is 0 Å². The second kappa shape index (κ2) is 8.33. The number of thioether (sulfide) groups is 2. The Kier molecular flexibility index (Phi) is 7.09. The van der Waals surface area contributed by atoms with Gasteiger partial charge in [-0.05, 0) is 43.6 Å². The second-order valence-electron chi connectivity index (χ2n) is 6.76. The van der Waals surface area contributed by atoms with E-state index in [2.05, 4.69) is 56.5 Å². The second-order valence-corrected chi connectivity index (χ2v) is 9.40. The van der Waals surface area contributed by atoms with Crippen molar-refractivity contribution in [3.8, 4) is 0 Å². The normalized spacial score (nSPS) is 40.5. The van der Waals surface area contributed by atoms with Crippen LogP contribution in [-0.4, -0.2) is 34.6 Å². The van der Waals surface area contributed by atoms with Crippen LogP contribution in [-0.2, 0) is 0 Å². The molecule has 0 aromatic carbocycles. The Hall–Kier alpha value is 0.660. The summed E-state index contributed by atoms with van der Waals surface area (Å²) in [5.41, 5.74) is 0. The molecule has 0 bridgehead atoms. The summed E-state index contributed by atoms with van der Waals surface area (Å²) in [5, 5.41) is 5.59. The summed E-state index contributed by atoms with van der Waals surface area (Å²) in [6.07, 6.45) is 5.66. The lowest BCUT2D eigenvalue weighted by atomic mass is 9.72. The summed E-state index contributed by atoms with van der Waals surface area (Å²) >= 11 is 4.49. The first kappa shape index (κ1) is 17.0. The van der Waals surface area contributed by atoms with Crippen molar-refractivity contribution in [3.05, 3.63) is 0 Å². The molecule has 2 rings (SSSR count). The molecule has 20 heavy (non-hydrogen) atoms. The summed E-state index contributed by atoms with van der Waals surface area (Å²) in [7, 11) is 0. The largest absolute Gasteiger partial charge is 0.313 e. The Morgan fingerprint density at radius 2 is 1.80 bits per heavy atom. The maximum atomic E-state index is 3.89. The third-order valence-corrected chi connectivity index (χ3v) is 8.81. The molecule has 1 nitrogen and oxygen atoms in total. The molecule has 6 unspecified atom stereocenters. The van der Waals surface area contributed by atoms with Crippen LogP contribution < -0.4 is 5.32 Å². The summed E-state index contributed by atoms with van der Waals surface area (Å²) in [6, 6.07) is 0.748. The fourth-order valence-electron chi connectivity index (χ4n) is 3.97. The third-order valence-electron chi connectivity index (χ3n) is 5.43. The van der Waals surface area contributed by atoms with Gasteiger partial charge in [-0.1, -0.05) is 34.1 Å². The van der Waals surface area contributed by atoms with Gasteiger partial charge in [-0.2, -0.15) is 23.5 Å². The van der Waals surface area contributed by atoms with E-state index >= 15 is 0 Å². The fourth-order valence-corrected chi connectivity index (χ4v) is 7.32. The lowest BCUT2D eigenvalue weighted by Crippen LogP contribution is -2.50. The zero-order chi connectivity index (χ0) is 14.5. The molecule has 1 saturated heterocycles. The number of hydrogen-bond donors (Lipinski definition) is 1. The Labute approximate surface area is 134 Å². The number of rotatable bonds is 5. The highest BCUT2D eigenvalue weighted by atomic mass is 32.2. The molecule has 0 radical (unpaired) electrons. The molecule has 1 heterocycles. The highest BCUT2D eigenvalue weighted by Crippen LogP contribution is 2.42. The molecular weight excluding hydrogens is 282 g/mol. The van der Waals surface area contributed by atoms with Crippen LogP contribution in [0.2, 0.25) is 0 Å². The summed E-state index contributed by atoms with van der Waals surface area (Å²) < 4.78 is 0. The molecule has 2 aliphatic rings. The molecule has 0 amide bonds. The molecule has 1 aliphatic carbocycles. The average molecular weight is 316 g/mol. The predicted octanol–water partition coefficient (Wildman–Crippen LogP) is 4.66. The monoisotopic (exact) mass is 315 g/mol. The van der Waals surface area contributed by atoms with Crippen LogP contribution in [0.5, 0.6) is 0 Å². The van der Waals surface area contributed by atoms with Crippen LogP contribution in [0, 0.1) is 17.8 Å². The van der Waals surface area contributed by atoms with E-state index in [1.807, 2.05) is 0 Å². The van der Waals surface area contributed by atoms with E-state index < -0.39 is 0 Å². The Morgan fingerprint density at radius 3 is 2.45 bits per heavy atom. The van der Waals surface area contributed by atoms with Gasteiger partial charge in [0, 0.05) is 28.0 Å². The van der Waals surface area contributed by atoms with Crippen molar-refractivity contribution in [2.75, 3.05) is 18.1 Å². The Balaban J connectivity index is 2.05. The van der Waals surface area contributed by atoms with Crippen molar-refractivity contribution in [1.82, 2.24) is 5.32 Å². The van der Waals surface area contributed by atoms with E-state index in [-0.39, 0.29) is 0 Å². The van der Waals surface area contributed by atoms with Gasteiger partial charge in [0.2, 0.25) is 0 Å². The van der Waals surface area contributed by atoms with E-state index in [1.165, 1.54) is 37.2 Å². The van der Waals surface area contributed by atoms with Crippen LogP contribution in [0.1, 0.15) is 53.4 Å². The van der Waals surface area contributed by atoms with Gasteiger partial charge < -0.3 is 5.32 Å². The molecule has 3 heteroatoms. The molecule has 0 aromatic heterocycles. The lowest BCUT2D eigenvalue weighted by molar-refractivity contribution is 0.169. The summed E-state index contributed by atoms with van der Waals surface area (Å²) in [4.78, 5) is 0. The van der Waals surface area contributed by atoms with Crippen molar-refractivity contribution < 1.29 is 0 Å². The first-order valence-corrected chi connectivity index (χ1v) is 10.7. The molecular formula is C17H33NS2. The van der Waals surface area contributed by atoms with Gasteiger partial charge in [0.1, 0.15) is 0 Å². The smallest absolute Gasteiger partial charge is 0.0322 e. The molecule has 0 spiro atoms. The van der Waals surface area contributed by atoms with Gasteiger partial charge in [0.05, 0.1) is 0 Å². The molecule has 1 N–H and O–H groups in total. The maximum Gasteiger partial charge on any atom is 0.0322 e. The van der Waals surface area contributed by atoms with Gasteiger partial charge in [-0.15, -0.1) is 0 Å². The van der Waals surface area contributed by atoms with Gasteiger partial charge in [-0.3, -0.25) is 0 Å². The molecule has 0 aromatic rings. The van der Waals surface area contributed by atoms with Gasteiger partial charge >= 0.3 is 0 Å². The summed E-state index contributed by atoms with van der Waals surface area (Å²) in [5.74, 6) is 5.47. The van der Waals surface area contributed by atoms with Crippen LogP contribution in [0.4, 0.5) is 0 Å². The molecule has 2 fully saturated rings. The highest BCUT2D eigenvalue weighted by Gasteiger charge is 2.38. The van der Waals surface area contributed by atoms with Crippen LogP contribution in [0.3, 0.4) is 0 Å². The Bertz CT molecular complexity index is 284. The van der Waals surface area contributed by atoms with Crippen LogP contribution in [0.15, 0.2) is 0 Å². The van der Waals surface area contributed by atoms with E-state index in [0.717, 1.165) is 40.8 Å². The van der Waals surface area contributed by atoms with E-state index in [9.17, 15) is 0 Å². The predicted molar refractivity (Wildman–Crippen MR) is 95.9 cm³/mol. The fraction of sp³-hybridized carbons (Fsp3) is 1.00. The van der Waals surface area contributed by atoms with Crippen molar-refractivity contribution in [3.63, 3.8) is 0 Å². The minimum Gasteiger partial charge on any atom is -0.313 e. The summed E-state index contributed by atoms with van der Waals surface area (Å²) in [6.45, 7) is 10.7. The minimum absolute atomic E-state index is 0.748. The van der Waals surface area contributed by atoms with E-state index in [4.69, 9.17) is 0 Å². The quantitative estimate of drug-likeness (QED) is 0.792. The van der Waals surface area contributed by atoms with Crippen LogP contribution >= 0.6 is 23.5 Å². The SMILES string of the molecule is CCNC(C1CCC(C)C(C)C1)C1SCCSC1CC. The molecule has 1 saturated carbocycles. The van der Waals surface area contributed by atoms with Crippen molar-refractivity contribution >= 4 is 23.5 Å². The Morgan fingerprint density at radius 1 is 1.05 bits per heavy atom. The zero-order valence-electron chi connectivity index (χ0n) is 13.7. The average Bonchev–Trinajstić information content (AvgIpc) is 2.48. The molecule has 1 aliphatic heterocycles. The maximum absolute atomic E-state index is 3.89. The molecule has 118 valence electrons. The van der Waals surface area contributed by atoms with Gasteiger partial charge in [-0.25, -0.2) is 0 Å². The number of hydrogen-bond acceptors (Lipinski definition) is 3. The van der Waals surface area contributed by atoms with Crippen molar-refractivity contribution in [2.24, 2.45) is 17.8 Å². The first-order valence-electron chi connectivity index (χ1n) is 8.63. The molecule has 6 atom stereocenters. The topological polar surface area (TPSA) is 12.0 Å². The van der Waals surface area contributed by atoms with E-state index in [1.54, 1.807) is 0 Å². The highest BCUT2D eigenvalue weighted by molar-refractivity contribution is 8.07. The lowest BCUT2D eigenvalue weighted by Gasteiger charge is -2.43. The van der Waals surface area contributed by atoms with E-state index in [0.29, 0.717) is 0 Å². The zero-order valence-corrected chi connectivity index (χ0v) is 15.4. The van der Waals surface area contributed by atoms with Gasteiger partial charge in [0.25, 0.3) is 0 Å².